The number of carbonyl (C=O) groups is 1. The van der Waals surface area contributed by atoms with Gasteiger partial charge in [0.15, 0.2) is 4.60 Å². The molecule has 6 nitrogen and oxygen atoms in total. The summed E-state index contributed by atoms with van der Waals surface area (Å²) in [6.45, 7) is 1.38. The van der Waals surface area contributed by atoms with Crippen LogP contribution >= 0.6 is 15.9 Å². The molecule has 1 amide bonds. The number of rotatable bonds is 2. The van der Waals surface area contributed by atoms with Crippen LogP contribution in [0, 0.1) is 0 Å². The lowest BCUT2D eigenvalue weighted by Crippen LogP contribution is -2.22. The summed E-state index contributed by atoms with van der Waals surface area (Å²) in [5.74, 6) is -1.43. The lowest BCUT2D eigenvalue weighted by atomic mass is 10.4. The van der Waals surface area contributed by atoms with E-state index in [0.717, 1.165) is 12.4 Å². The number of amides is 1. The molecule has 0 bridgehead atoms. The molecule has 0 N–H and O–H groups in total. The highest BCUT2D eigenvalue weighted by Gasteiger charge is 2.34. The van der Waals surface area contributed by atoms with Crippen LogP contribution in [0.25, 0.3) is 5.69 Å². The summed E-state index contributed by atoms with van der Waals surface area (Å²) in [6.07, 6.45) is -1.10. The molecule has 2 heterocycles. The van der Waals surface area contributed by atoms with Crippen LogP contribution in [0.4, 0.5) is 18.9 Å². The standard InChI is InChI=1S/C11H9BrF3N5O/c1-6(21)19(2)8-5-20(18-9(8)12)7-3-16-10(17-4-7)11(13,14)15/h3-5H,1-2H3. The van der Waals surface area contributed by atoms with Gasteiger partial charge < -0.3 is 4.90 Å². The summed E-state index contributed by atoms with van der Waals surface area (Å²) < 4.78 is 38.8. The van der Waals surface area contributed by atoms with Gasteiger partial charge in [-0.05, 0) is 15.9 Å². The van der Waals surface area contributed by atoms with Gasteiger partial charge in [0.05, 0.1) is 24.3 Å². The summed E-state index contributed by atoms with van der Waals surface area (Å²) in [6, 6.07) is 0. The number of aromatic nitrogens is 4. The fourth-order valence-corrected chi connectivity index (χ4v) is 2.00. The Morgan fingerprint density at radius 3 is 2.38 bits per heavy atom. The zero-order chi connectivity index (χ0) is 15.8. The Hall–Kier alpha value is -1.97. The van der Waals surface area contributed by atoms with Crippen molar-refractivity contribution in [3.8, 4) is 5.69 Å². The van der Waals surface area contributed by atoms with Crippen molar-refractivity contribution in [2.45, 2.75) is 13.1 Å². The first kappa shape index (κ1) is 15.4. The highest BCUT2D eigenvalue weighted by molar-refractivity contribution is 9.10. The molecule has 10 heteroatoms. The second-order valence-electron chi connectivity index (χ2n) is 4.09. The topological polar surface area (TPSA) is 63.9 Å². The fraction of sp³-hybridized carbons (Fsp3) is 0.273. The summed E-state index contributed by atoms with van der Waals surface area (Å²) in [5.41, 5.74) is 0.717. The summed E-state index contributed by atoms with van der Waals surface area (Å²) in [7, 11) is 1.55. The average Bonchev–Trinajstić information content (AvgIpc) is 2.79. The third-order valence-corrected chi connectivity index (χ3v) is 3.21. The van der Waals surface area contributed by atoms with Crippen molar-refractivity contribution in [2.24, 2.45) is 0 Å². The molecule has 0 aliphatic carbocycles. The van der Waals surface area contributed by atoms with E-state index in [2.05, 4.69) is 31.0 Å². The maximum atomic E-state index is 12.4. The Kier molecular flexibility index (Phi) is 3.99. The van der Waals surface area contributed by atoms with Gasteiger partial charge in [-0.2, -0.15) is 18.3 Å². The van der Waals surface area contributed by atoms with Gasteiger partial charge >= 0.3 is 6.18 Å². The Morgan fingerprint density at radius 1 is 1.33 bits per heavy atom. The van der Waals surface area contributed by atoms with Crippen molar-refractivity contribution in [1.29, 1.82) is 0 Å². The van der Waals surface area contributed by atoms with Crippen molar-refractivity contribution < 1.29 is 18.0 Å². The van der Waals surface area contributed by atoms with Crippen molar-refractivity contribution in [2.75, 3.05) is 11.9 Å². The van der Waals surface area contributed by atoms with E-state index in [1.807, 2.05) is 0 Å². The third kappa shape index (κ3) is 3.20. The van der Waals surface area contributed by atoms with Crippen LogP contribution < -0.4 is 4.90 Å². The third-order valence-electron chi connectivity index (χ3n) is 2.64. The molecule has 0 saturated heterocycles. The summed E-state index contributed by atoms with van der Waals surface area (Å²) in [5, 5.41) is 4.05. The number of alkyl halides is 3. The van der Waals surface area contributed by atoms with E-state index < -0.39 is 12.0 Å². The highest BCUT2D eigenvalue weighted by atomic mass is 79.9. The van der Waals surface area contributed by atoms with Crippen LogP contribution in [-0.2, 0) is 11.0 Å². The highest BCUT2D eigenvalue weighted by Crippen LogP contribution is 2.27. The van der Waals surface area contributed by atoms with E-state index in [1.165, 1.54) is 22.7 Å². The maximum absolute atomic E-state index is 12.4. The van der Waals surface area contributed by atoms with E-state index in [-0.39, 0.29) is 11.6 Å². The molecule has 112 valence electrons. The smallest absolute Gasteiger partial charge is 0.312 e. The molecule has 2 aromatic heterocycles. The number of halogens is 4. The minimum absolute atomic E-state index is 0.209. The fourth-order valence-electron chi connectivity index (χ4n) is 1.46. The maximum Gasteiger partial charge on any atom is 0.451 e. The first-order chi connectivity index (χ1) is 9.70. The first-order valence-electron chi connectivity index (χ1n) is 5.59. The van der Waals surface area contributed by atoms with Crippen molar-refractivity contribution in [3.63, 3.8) is 0 Å². The molecular formula is C11H9BrF3N5O. The van der Waals surface area contributed by atoms with Gasteiger partial charge in [-0.15, -0.1) is 0 Å². The average molecular weight is 364 g/mol. The molecule has 0 aliphatic heterocycles. The number of anilines is 1. The van der Waals surface area contributed by atoms with Crippen LogP contribution in [0.2, 0.25) is 0 Å². The molecule has 2 aromatic rings. The zero-order valence-electron chi connectivity index (χ0n) is 10.9. The second kappa shape index (κ2) is 5.43. The first-order valence-corrected chi connectivity index (χ1v) is 6.38. The van der Waals surface area contributed by atoms with Crippen molar-refractivity contribution >= 4 is 27.5 Å². The molecule has 2 rings (SSSR count). The minimum Gasteiger partial charge on any atom is -0.312 e. The van der Waals surface area contributed by atoms with E-state index in [0.29, 0.717) is 10.3 Å². The number of hydrogen-bond donors (Lipinski definition) is 0. The molecular weight excluding hydrogens is 355 g/mol. The van der Waals surface area contributed by atoms with Crippen molar-refractivity contribution in [1.82, 2.24) is 19.7 Å². The molecule has 0 spiro atoms. The molecule has 0 radical (unpaired) electrons. The van der Waals surface area contributed by atoms with Gasteiger partial charge in [-0.25, -0.2) is 14.6 Å². The second-order valence-corrected chi connectivity index (χ2v) is 4.84. The predicted molar refractivity (Wildman–Crippen MR) is 70.9 cm³/mol. The lowest BCUT2D eigenvalue weighted by molar-refractivity contribution is -0.145. The largest absolute Gasteiger partial charge is 0.451 e. The Bertz CT molecular complexity index is 667. The van der Waals surface area contributed by atoms with Crippen LogP contribution in [-0.4, -0.2) is 32.7 Å². The Balaban J connectivity index is 2.35. The van der Waals surface area contributed by atoms with Crippen LogP contribution in [0.5, 0.6) is 0 Å². The van der Waals surface area contributed by atoms with Gasteiger partial charge in [-0.3, -0.25) is 4.79 Å². The molecule has 0 atom stereocenters. The van der Waals surface area contributed by atoms with Crippen LogP contribution in [0.15, 0.2) is 23.2 Å². The van der Waals surface area contributed by atoms with Gasteiger partial charge in [0, 0.05) is 14.0 Å². The predicted octanol–water partition coefficient (Wildman–Crippen LogP) is 2.43. The molecule has 0 unspecified atom stereocenters. The van der Waals surface area contributed by atoms with Gasteiger partial charge in [-0.1, -0.05) is 0 Å². The molecule has 21 heavy (non-hydrogen) atoms. The number of nitrogens with zero attached hydrogens (tertiary/aromatic N) is 5. The lowest BCUT2D eigenvalue weighted by Gasteiger charge is -2.11. The SMILES string of the molecule is CC(=O)N(C)c1cn(-c2cnc(C(F)(F)F)nc2)nc1Br. The van der Waals surface area contributed by atoms with Crippen LogP contribution in [0.1, 0.15) is 12.7 Å². The molecule has 0 saturated carbocycles. The summed E-state index contributed by atoms with van der Waals surface area (Å²) in [4.78, 5) is 19.2. The van der Waals surface area contributed by atoms with Gasteiger partial charge in [0.25, 0.3) is 0 Å². The minimum atomic E-state index is -4.59. The Labute approximate surface area is 125 Å². The van der Waals surface area contributed by atoms with Crippen molar-refractivity contribution in [3.05, 3.63) is 29.0 Å². The van der Waals surface area contributed by atoms with Crippen LogP contribution in [0.3, 0.4) is 0 Å². The normalized spacial score (nSPS) is 11.5. The van der Waals surface area contributed by atoms with E-state index in [4.69, 9.17) is 0 Å². The zero-order valence-corrected chi connectivity index (χ0v) is 12.5. The number of carbonyl (C=O) groups excluding carboxylic acids is 1. The van der Waals surface area contributed by atoms with Gasteiger partial charge in [0.2, 0.25) is 11.7 Å². The molecule has 0 fully saturated rings. The quantitative estimate of drug-likeness (QED) is 0.821. The van der Waals surface area contributed by atoms with E-state index >= 15 is 0 Å². The molecule has 0 aromatic carbocycles. The van der Waals surface area contributed by atoms with E-state index in [9.17, 15) is 18.0 Å². The van der Waals surface area contributed by atoms with Gasteiger partial charge in [0.1, 0.15) is 5.69 Å². The van der Waals surface area contributed by atoms with E-state index in [1.54, 1.807) is 7.05 Å². The molecule has 0 aliphatic rings. The summed E-state index contributed by atoms with van der Waals surface area (Å²) >= 11 is 3.18. The Morgan fingerprint density at radius 2 is 1.90 bits per heavy atom. The number of hydrogen-bond acceptors (Lipinski definition) is 4. The monoisotopic (exact) mass is 363 g/mol.